The predicted molar refractivity (Wildman–Crippen MR) is 131 cm³/mol. The number of nitrogens with one attached hydrogen (secondary N) is 1. The Labute approximate surface area is 206 Å². The zero-order chi connectivity index (χ0) is 23.0. The molecule has 1 aromatic carbocycles. The molecule has 0 saturated carbocycles. The summed E-state index contributed by atoms with van der Waals surface area (Å²) in [5, 5.41) is 2.57. The average Bonchev–Trinajstić information content (AvgIpc) is 2.96. The molecule has 170 valence electrons. The minimum atomic E-state index is -1.85. The first-order chi connectivity index (χ1) is 14.7. The summed E-state index contributed by atoms with van der Waals surface area (Å²) in [6, 6.07) is 6.85. The van der Waals surface area contributed by atoms with Gasteiger partial charge in [0.25, 0.3) is 5.91 Å². The van der Waals surface area contributed by atoms with E-state index in [9.17, 15) is 9.59 Å². The Balaban J connectivity index is 2.06. The van der Waals surface area contributed by atoms with Crippen molar-refractivity contribution in [3.8, 4) is 5.75 Å². The van der Waals surface area contributed by atoms with Crippen LogP contribution in [0.4, 0.5) is 0 Å². The molecule has 0 bridgehead atoms. The number of ether oxygens (including phenoxy) is 2. The molecule has 1 saturated heterocycles. The third kappa shape index (κ3) is 8.11. The van der Waals surface area contributed by atoms with Gasteiger partial charge in [0.15, 0.2) is 0 Å². The van der Waals surface area contributed by atoms with E-state index in [4.69, 9.17) is 56.5 Å². The number of hydrogen-bond donors (Lipinski definition) is 1. The summed E-state index contributed by atoms with van der Waals surface area (Å²) in [7, 11) is 1.62. The van der Waals surface area contributed by atoms with Crippen LogP contribution in [0.15, 0.2) is 29.2 Å². The summed E-state index contributed by atoms with van der Waals surface area (Å²) in [6.45, 7) is 2.95. The zero-order valence-electron chi connectivity index (χ0n) is 17.0. The topological polar surface area (TPSA) is 67.9 Å². The van der Waals surface area contributed by atoms with Gasteiger partial charge in [0.2, 0.25) is 15.9 Å². The van der Waals surface area contributed by atoms with Crippen molar-refractivity contribution >= 4 is 81.0 Å². The third-order valence-corrected chi connectivity index (χ3v) is 6.07. The second-order valence-corrected chi connectivity index (χ2v) is 10.7. The number of nitrogens with zero attached hydrogens (tertiary/aromatic N) is 1. The Morgan fingerprint density at radius 1 is 1.32 bits per heavy atom. The van der Waals surface area contributed by atoms with Gasteiger partial charge in [-0.2, -0.15) is 0 Å². The fourth-order valence-corrected chi connectivity index (χ4v) is 4.22. The van der Waals surface area contributed by atoms with E-state index in [1.807, 2.05) is 6.92 Å². The van der Waals surface area contributed by atoms with E-state index in [2.05, 4.69) is 5.32 Å². The molecule has 1 atom stereocenters. The van der Waals surface area contributed by atoms with Gasteiger partial charge in [0.1, 0.15) is 10.1 Å². The van der Waals surface area contributed by atoms with Crippen LogP contribution in [0.25, 0.3) is 6.08 Å². The van der Waals surface area contributed by atoms with E-state index in [1.54, 1.807) is 42.4 Å². The third-order valence-electron chi connectivity index (χ3n) is 4.10. The van der Waals surface area contributed by atoms with Crippen molar-refractivity contribution in [2.24, 2.45) is 0 Å². The van der Waals surface area contributed by atoms with E-state index in [-0.39, 0.29) is 11.8 Å². The lowest BCUT2D eigenvalue weighted by Crippen LogP contribution is -2.47. The molecular weight excluding hydrogens is 503 g/mol. The maximum atomic E-state index is 12.6. The minimum Gasteiger partial charge on any atom is -0.466 e. The molecule has 0 aliphatic carbocycles. The van der Waals surface area contributed by atoms with Crippen LogP contribution in [-0.4, -0.2) is 51.3 Å². The maximum absolute atomic E-state index is 12.6. The predicted octanol–water partition coefficient (Wildman–Crippen LogP) is 4.92. The molecule has 1 aliphatic rings. The summed E-state index contributed by atoms with van der Waals surface area (Å²) in [4.78, 5) is 26.6. The second kappa shape index (κ2) is 12.3. The molecule has 1 aromatic rings. The quantitative estimate of drug-likeness (QED) is 0.154. The van der Waals surface area contributed by atoms with Gasteiger partial charge in [-0.3, -0.25) is 14.5 Å². The van der Waals surface area contributed by atoms with Crippen molar-refractivity contribution in [3.63, 3.8) is 0 Å². The van der Waals surface area contributed by atoms with Crippen LogP contribution >= 0.6 is 58.8 Å². The van der Waals surface area contributed by atoms with Gasteiger partial charge in [0, 0.05) is 26.7 Å². The first kappa shape index (κ1) is 26.2. The van der Waals surface area contributed by atoms with Gasteiger partial charge in [-0.1, -0.05) is 77.8 Å². The van der Waals surface area contributed by atoms with Crippen molar-refractivity contribution in [1.82, 2.24) is 10.2 Å². The Morgan fingerprint density at radius 3 is 2.58 bits per heavy atom. The average molecular weight is 526 g/mol. The van der Waals surface area contributed by atoms with Crippen molar-refractivity contribution in [3.05, 3.63) is 34.7 Å². The highest BCUT2D eigenvalue weighted by atomic mass is 35.6. The maximum Gasteiger partial charge on any atom is 0.266 e. The van der Waals surface area contributed by atoms with E-state index < -0.39 is 10.0 Å². The van der Waals surface area contributed by atoms with Crippen LogP contribution in [0.3, 0.4) is 0 Å². The fourth-order valence-electron chi connectivity index (χ4n) is 2.61. The van der Waals surface area contributed by atoms with Gasteiger partial charge >= 0.3 is 0 Å². The number of carbonyl (C=O) groups is 2. The molecule has 6 nitrogen and oxygen atoms in total. The lowest BCUT2D eigenvalue weighted by Gasteiger charge is -2.26. The largest absolute Gasteiger partial charge is 0.466 e. The standard InChI is InChI=1S/C20H23Cl3N2O4S2/c1-3-5-16(26)24-18(20(21,22)23)29-14-8-6-13(7-9-14)12-15-17(27)25(19(30)31-15)10-4-11-28-2/h6-9,12,18H,3-5,10-11H2,1-2H3,(H,24,26)/b15-12+/t18-/m0/s1. The Hall–Kier alpha value is -1.03. The van der Waals surface area contributed by atoms with Crippen molar-refractivity contribution in [1.29, 1.82) is 0 Å². The first-order valence-corrected chi connectivity index (χ1v) is 11.9. The second-order valence-electron chi connectivity index (χ2n) is 6.61. The van der Waals surface area contributed by atoms with Gasteiger partial charge < -0.3 is 14.8 Å². The number of thiocarbonyl (C=S) groups is 1. The molecule has 0 aromatic heterocycles. The normalized spacial score (nSPS) is 16.7. The van der Waals surface area contributed by atoms with Crippen LogP contribution in [-0.2, 0) is 14.3 Å². The number of methoxy groups -OCH3 is 1. The Morgan fingerprint density at radius 2 is 2.00 bits per heavy atom. The monoisotopic (exact) mass is 524 g/mol. The number of halogens is 3. The van der Waals surface area contributed by atoms with E-state index in [0.717, 1.165) is 5.56 Å². The molecule has 0 radical (unpaired) electrons. The number of benzene rings is 1. The highest BCUT2D eigenvalue weighted by Gasteiger charge is 2.36. The number of alkyl halides is 3. The van der Waals surface area contributed by atoms with E-state index in [0.29, 0.717) is 47.4 Å². The molecule has 0 spiro atoms. The molecule has 1 heterocycles. The molecular formula is C20H23Cl3N2O4S2. The van der Waals surface area contributed by atoms with Crippen LogP contribution in [0.2, 0.25) is 0 Å². The molecule has 31 heavy (non-hydrogen) atoms. The highest BCUT2D eigenvalue weighted by Crippen LogP contribution is 2.34. The van der Waals surface area contributed by atoms with Crippen LogP contribution in [0.5, 0.6) is 5.75 Å². The smallest absolute Gasteiger partial charge is 0.266 e. The fraction of sp³-hybridized carbons (Fsp3) is 0.450. The van der Waals surface area contributed by atoms with Crippen molar-refractivity contribution in [2.75, 3.05) is 20.3 Å². The molecule has 1 aliphatic heterocycles. The number of hydrogen-bond acceptors (Lipinski definition) is 6. The van der Waals surface area contributed by atoms with Gasteiger partial charge in [-0.25, -0.2) is 0 Å². The summed E-state index contributed by atoms with van der Waals surface area (Å²) >= 11 is 24.4. The van der Waals surface area contributed by atoms with Crippen LogP contribution in [0.1, 0.15) is 31.7 Å². The van der Waals surface area contributed by atoms with Gasteiger partial charge in [-0.05, 0) is 36.6 Å². The molecule has 11 heteroatoms. The highest BCUT2D eigenvalue weighted by molar-refractivity contribution is 8.26. The summed E-state index contributed by atoms with van der Waals surface area (Å²) < 4.78 is 9.37. The van der Waals surface area contributed by atoms with Crippen LogP contribution < -0.4 is 10.1 Å². The Kier molecular flexibility index (Phi) is 10.4. The first-order valence-electron chi connectivity index (χ1n) is 9.52. The van der Waals surface area contributed by atoms with Gasteiger partial charge in [-0.15, -0.1) is 0 Å². The lowest BCUT2D eigenvalue weighted by atomic mass is 10.2. The Bertz CT molecular complexity index is 829. The number of amides is 2. The van der Waals surface area contributed by atoms with Crippen molar-refractivity contribution < 1.29 is 19.1 Å². The summed E-state index contributed by atoms with van der Waals surface area (Å²) in [6.07, 6.45) is 2.27. The van der Waals surface area contributed by atoms with Crippen LogP contribution in [0, 0.1) is 0 Å². The summed E-state index contributed by atoms with van der Waals surface area (Å²) in [5.74, 6) is 0.00157. The summed E-state index contributed by atoms with van der Waals surface area (Å²) in [5.41, 5.74) is 0.783. The van der Waals surface area contributed by atoms with E-state index >= 15 is 0 Å². The van der Waals surface area contributed by atoms with E-state index in [1.165, 1.54) is 11.8 Å². The number of carbonyl (C=O) groups excluding carboxylic acids is 2. The zero-order valence-corrected chi connectivity index (χ0v) is 20.9. The lowest BCUT2D eigenvalue weighted by molar-refractivity contribution is -0.124. The molecule has 2 amide bonds. The SMILES string of the molecule is CCCC(=O)N[C@@H](Oc1ccc(/C=C2/SC(=S)N(CCCOC)C2=O)cc1)C(Cl)(Cl)Cl. The number of thioether (sulfide) groups is 1. The molecule has 1 fully saturated rings. The van der Waals surface area contributed by atoms with Gasteiger partial charge in [0.05, 0.1) is 4.91 Å². The van der Waals surface area contributed by atoms with Crippen molar-refractivity contribution in [2.45, 2.75) is 36.2 Å². The molecule has 2 rings (SSSR count). The minimum absolute atomic E-state index is 0.124. The molecule has 0 unspecified atom stereocenters. The number of rotatable bonds is 10. The molecule has 1 N–H and O–H groups in total.